The zero-order chi connectivity index (χ0) is 19.4. The standard InChI is InChI=1S/C19H25N5O3/c1-4-24(12(2)19-22-18(23-27-19)14-5-6-14)11-17(26)21-16-9-7-15(8-10-16)20-13(3)25/h7-10,12,14H,4-6,11H2,1-3H3,(H,20,25)(H,21,26). The molecule has 0 radical (unpaired) electrons. The van der Waals surface area contributed by atoms with Crippen molar-refractivity contribution in [1.82, 2.24) is 15.0 Å². The Morgan fingerprint density at radius 2 is 1.85 bits per heavy atom. The second kappa shape index (κ2) is 8.30. The van der Waals surface area contributed by atoms with Gasteiger partial charge in [0.1, 0.15) is 0 Å². The molecule has 1 aromatic heterocycles. The highest BCUT2D eigenvalue weighted by atomic mass is 16.5. The minimum atomic E-state index is -0.136. The quantitative estimate of drug-likeness (QED) is 0.740. The largest absolute Gasteiger partial charge is 0.338 e. The van der Waals surface area contributed by atoms with Crippen LogP contribution in [0.4, 0.5) is 11.4 Å². The zero-order valence-electron chi connectivity index (χ0n) is 15.9. The first-order valence-electron chi connectivity index (χ1n) is 9.21. The molecule has 1 unspecified atom stereocenters. The van der Waals surface area contributed by atoms with E-state index < -0.39 is 0 Å². The molecule has 1 aliphatic rings. The zero-order valence-corrected chi connectivity index (χ0v) is 15.9. The molecule has 1 fully saturated rings. The number of likely N-dealkylation sites (N-methyl/N-ethyl adjacent to an activating group) is 1. The molecule has 1 heterocycles. The fourth-order valence-electron chi connectivity index (χ4n) is 2.83. The van der Waals surface area contributed by atoms with E-state index >= 15 is 0 Å². The molecule has 27 heavy (non-hydrogen) atoms. The van der Waals surface area contributed by atoms with E-state index in [4.69, 9.17) is 4.52 Å². The van der Waals surface area contributed by atoms with Crippen LogP contribution in [0.1, 0.15) is 57.3 Å². The van der Waals surface area contributed by atoms with E-state index in [9.17, 15) is 9.59 Å². The van der Waals surface area contributed by atoms with Crippen molar-refractivity contribution >= 4 is 23.2 Å². The molecular weight excluding hydrogens is 346 g/mol. The molecule has 144 valence electrons. The molecule has 0 bridgehead atoms. The first-order chi connectivity index (χ1) is 13.0. The minimum absolute atomic E-state index is 0.127. The van der Waals surface area contributed by atoms with Gasteiger partial charge >= 0.3 is 0 Å². The number of rotatable bonds is 8. The molecule has 2 amide bonds. The number of amides is 2. The van der Waals surface area contributed by atoms with Crippen LogP contribution in [0.5, 0.6) is 0 Å². The van der Waals surface area contributed by atoms with Crippen molar-refractivity contribution in [3.63, 3.8) is 0 Å². The Balaban J connectivity index is 1.56. The molecule has 0 saturated heterocycles. The van der Waals surface area contributed by atoms with E-state index in [1.807, 2.05) is 18.7 Å². The van der Waals surface area contributed by atoms with Gasteiger partial charge in [-0.2, -0.15) is 4.98 Å². The Bertz CT molecular complexity index is 798. The Morgan fingerprint density at radius 3 is 2.41 bits per heavy atom. The summed E-state index contributed by atoms with van der Waals surface area (Å²) in [5.74, 6) is 1.50. The van der Waals surface area contributed by atoms with Crippen molar-refractivity contribution in [2.75, 3.05) is 23.7 Å². The van der Waals surface area contributed by atoms with E-state index in [0.29, 0.717) is 29.7 Å². The monoisotopic (exact) mass is 371 g/mol. The third-order valence-corrected chi connectivity index (χ3v) is 4.55. The summed E-state index contributed by atoms with van der Waals surface area (Å²) in [5.41, 5.74) is 1.36. The highest BCUT2D eigenvalue weighted by Crippen LogP contribution is 2.38. The summed E-state index contributed by atoms with van der Waals surface area (Å²) in [5, 5.41) is 9.61. The lowest BCUT2D eigenvalue weighted by molar-refractivity contribution is -0.118. The van der Waals surface area contributed by atoms with E-state index in [-0.39, 0.29) is 24.4 Å². The number of benzene rings is 1. The highest BCUT2D eigenvalue weighted by Gasteiger charge is 2.30. The number of nitrogens with one attached hydrogen (secondary N) is 2. The Morgan fingerprint density at radius 1 is 1.22 bits per heavy atom. The van der Waals surface area contributed by atoms with E-state index in [0.717, 1.165) is 18.7 Å². The fraction of sp³-hybridized carbons (Fsp3) is 0.474. The fourth-order valence-corrected chi connectivity index (χ4v) is 2.83. The number of carbonyl (C=O) groups excluding carboxylic acids is 2. The van der Waals surface area contributed by atoms with Crippen LogP contribution in [0, 0.1) is 0 Å². The molecule has 8 heteroatoms. The first kappa shape index (κ1) is 19.0. The summed E-state index contributed by atoms with van der Waals surface area (Å²) in [7, 11) is 0. The van der Waals surface area contributed by atoms with Crippen molar-refractivity contribution in [3.05, 3.63) is 36.0 Å². The molecule has 1 aromatic carbocycles. The topological polar surface area (TPSA) is 100 Å². The smallest absolute Gasteiger partial charge is 0.243 e. The van der Waals surface area contributed by atoms with Crippen molar-refractivity contribution < 1.29 is 14.1 Å². The third kappa shape index (κ3) is 5.13. The molecule has 2 aromatic rings. The maximum Gasteiger partial charge on any atom is 0.243 e. The predicted molar refractivity (Wildman–Crippen MR) is 101 cm³/mol. The van der Waals surface area contributed by atoms with Gasteiger partial charge in [-0.3, -0.25) is 14.5 Å². The lowest BCUT2D eigenvalue weighted by Crippen LogP contribution is -2.35. The highest BCUT2D eigenvalue weighted by molar-refractivity contribution is 5.93. The van der Waals surface area contributed by atoms with Crippen molar-refractivity contribution in [2.45, 2.75) is 45.6 Å². The summed E-state index contributed by atoms with van der Waals surface area (Å²) >= 11 is 0. The van der Waals surface area contributed by atoms with Crippen LogP contribution in [-0.4, -0.2) is 39.9 Å². The average molecular weight is 371 g/mol. The molecule has 0 aliphatic heterocycles. The van der Waals surface area contributed by atoms with Gasteiger partial charge in [-0.05, 0) is 50.6 Å². The van der Waals surface area contributed by atoms with Crippen LogP contribution in [-0.2, 0) is 9.59 Å². The van der Waals surface area contributed by atoms with Gasteiger partial charge in [-0.25, -0.2) is 0 Å². The molecule has 1 aliphatic carbocycles. The second-order valence-corrected chi connectivity index (χ2v) is 6.81. The number of nitrogens with zero attached hydrogens (tertiary/aromatic N) is 3. The predicted octanol–water partition coefficient (Wildman–Crippen LogP) is 2.93. The molecule has 1 atom stereocenters. The molecule has 3 rings (SSSR count). The third-order valence-electron chi connectivity index (χ3n) is 4.55. The maximum absolute atomic E-state index is 12.4. The van der Waals surface area contributed by atoms with Gasteiger partial charge in [0.05, 0.1) is 12.6 Å². The molecule has 8 nitrogen and oxygen atoms in total. The first-order valence-corrected chi connectivity index (χ1v) is 9.21. The number of aromatic nitrogens is 2. The molecule has 2 N–H and O–H groups in total. The van der Waals surface area contributed by atoms with Crippen molar-refractivity contribution in [2.24, 2.45) is 0 Å². The minimum Gasteiger partial charge on any atom is -0.338 e. The van der Waals surface area contributed by atoms with Crippen molar-refractivity contribution in [1.29, 1.82) is 0 Å². The van der Waals surface area contributed by atoms with Crippen LogP contribution in [0.25, 0.3) is 0 Å². The average Bonchev–Trinajstić information content (AvgIpc) is 3.37. The Kier molecular flexibility index (Phi) is 5.85. The Hall–Kier alpha value is -2.74. The molecule has 1 saturated carbocycles. The van der Waals surface area contributed by atoms with Gasteiger partial charge in [0.2, 0.25) is 17.7 Å². The van der Waals surface area contributed by atoms with Crippen LogP contribution >= 0.6 is 0 Å². The van der Waals surface area contributed by atoms with E-state index in [1.165, 1.54) is 6.92 Å². The summed E-state index contributed by atoms with van der Waals surface area (Å²) in [6.07, 6.45) is 2.24. The van der Waals surface area contributed by atoms with Gasteiger partial charge in [0.25, 0.3) is 0 Å². The lowest BCUT2D eigenvalue weighted by Gasteiger charge is -2.24. The van der Waals surface area contributed by atoms with Crippen LogP contribution in [0.2, 0.25) is 0 Å². The lowest BCUT2D eigenvalue weighted by atomic mass is 10.2. The van der Waals surface area contributed by atoms with Crippen LogP contribution < -0.4 is 10.6 Å². The second-order valence-electron chi connectivity index (χ2n) is 6.81. The Labute approximate surface area is 158 Å². The van der Waals surface area contributed by atoms with Crippen molar-refractivity contribution in [3.8, 4) is 0 Å². The molecular formula is C19H25N5O3. The van der Waals surface area contributed by atoms with Gasteiger partial charge < -0.3 is 15.2 Å². The van der Waals surface area contributed by atoms with E-state index in [2.05, 4.69) is 20.8 Å². The van der Waals surface area contributed by atoms with Crippen LogP contribution in [0.3, 0.4) is 0 Å². The van der Waals surface area contributed by atoms with Gasteiger partial charge in [0, 0.05) is 24.2 Å². The summed E-state index contributed by atoms with van der Waals surface area (Å²) in [4.78, 5) is 29.9. The van der Waals surface area contributed by atoms with Gasteiger partial charge in [-0.15, -0.1) is 0 Å². The summed E-state index contributed by atoms with van der Waals surface area (Å²) in [6, 6.07) is 6.86. The number of carbonyl (C=O) groups is 2. The summed E-state index contributed by atoms with van der Waals surface area (Å²) < 4.78 is 5.39. The summed E-state index contributed by atoms with van der Waals surface area (Å²) in [6.45, 7) is 6.30. The number of hydrogen-bond acceptors (Lipinski definition) is 6. The maximum atomic E-state index is 12.4. The van der Waals surface area contributed by atoms with E-state index in [1.54, 1.807) is 24.3 Å². The van der Waals surface area contributed by atoms with Gasteiger partial charge in [0.15, 0.2) is 5.82 Å². The number of anilines is 2. The SMILES string of the molecule is CCN(CC(=O)Nc1ccc(NC(C)=O)cc1)C(C)c1nc(C2CC2)no1. The molecule has 0 spiro atoms. The van der Waals surface area contributed by atoms with Crippen LogP contribution in [0.15, 0.2) is 28.8 Å². The normalized spacial score (nSPS) is 14.8. The number of hydrogen-bond donors (Lipinski definition) is 2. The van der Waals surface area contributed by atoms with Gasteiger partial charge in [-0.1, -0.05) is 12.1 Å².